The zero-order valence-corrected chi connectivity index (χ0v) is 18.1. The molecule has 0 amide bonds. The van der Waals surface area contributed by atoms with Gasteiger partial charge in [0.05, 0.1) is 19.3 Å². The van der Waals surface area contributed by atoms with Crippen molar-refractivity contribution in [1.29, 1.82) is 0 Å². The minimum atomic E-state index is 0. The van der Waals surface area contributed by atoms with Crippen LogP contribution in [0.2, 0.25) is 0 Å². The minimum Gasteiger partial charge on any atom is -0.378 e. The van der Waals surface area contributed by atoms with Gasteiger partial charge in [0.1, 0.15) is 0 Å². The van der Waals surface area contributed by atoms with Gasteiger partial charge in [0.2, 0.25) is 0 Å². The van der Waals surface area contributed by atoms with E-state index in [2.05, 4.69) is 28.6 Å². The largest absolute Gasteiger partial charge is 0.378 e. The number of guanidine groups is 1. The maximum absolute atomic E-state index is 5.96. The normalized spacial score (nSPS) is 19.1. The van der Waals surface area contributed by atoms with E-state index in [1.807, 2.05) is 0 Å². The molecule has 1 saturated carbocycles. The molecule has 0 radical (unpaired) electrons. The molecule has 0 atom stereocenters. The van der Waals surface area contributed by atoms with Gasteiger partial charge in [-0.05, 0) is 39.0 Å². The molecule has 0 aromatic rings. The molecule has 0 saturated heterocycles. The van der Waals surface area contributed by atoms with Crippen molar-refractivity contribution in [3.05, 3.63) is 11.6 Å². The second kappa shape index (κ2) is 14.8. The molecule has 0 aromatic carbocycles. The van der Waals surface area contributed by atoms with Gasteiger partial charge in [-0.1, -0.05) is 30.9 Å². The zero-order valence-electron chi connectivity index (χ0n) is 15.7. The van der Waals surface area contributed by atoms with Gasteiger partial charge in [0.25, 0.3) is 0 Å². The number of aliphatic imine (C=N–C) groups is 1. The van der Waals surface area contributed by atoms with Crippen molar-refractivity contribution >= 4 is 29.9 Å². The quantitative estimate of drug-likeness (QED) is 0.180. The Balaban J connectivity index is 0.00000312. The minimum absolute atomic E-state index is 0. The van der Waals surface area contributed by atoms with Gasteiger partial charge < -0.3 is 20.1 Å². The topological polar surface area (TPSA) is 54.9 Å². The lowest BCUT2D eigenvalue weighted by Gasteiger charge is -2.21. The van der Waals surface area contributed by atoms with E-state index in [0.29, 0.717) is 6.10 Å². The Morgan fingerprint density at radius 3 is 2.84 bits per heavy atom. The van der Waals surface area contributed by atoms with Crippen LogP contribution in [-0.2, 0) is 9.47 Å². The van der Waals surface area contributed by atoms with Gasteiger partial charge in [-0.3, -0.25) is 4.99 Å². The molecule has 1 aliphatic heterocycles. The van der Waals surface area contributed by atoms with Crippen LogP contribution in [0.25, 0.3) is 0 Å². The summed E-state index contributed by atoms with van der Waals surface area (Å²) in [5, 5.41) is 6.74. The zero-order chi connectivity index (χ0) is 16.9. The smallest absolute Gasteiger partial charge is 0.191 e. The Hall–Kier alpha value is -0.340. The van der Waals surface area contributed by atoms with Crippen LogP contribution in [0.15, 0.2) is 16.6 Å². The molecule has 0 unspecified atom stereocenters. The summed E-state index contributed by atoms with van der Waals surface area (Å²) >= 11 is 0. The molecule has 146 valence electrons. The van der Waals surface area contributed by atoms with E-state index in [1.54, 1.807) is 0 Å². The highest BCUT2D eigenvalue weighted by Gasteiger charge is 2.12. The number of nitrogens with one attached hydrogen (secondary N) is 2. The summed E-state index contributed by atoms with van der Waals surface area (Å²) in [6.07, 6.45) is 12.4. The van der Waals surface area contributed by atoms with Crippen molar-refractivity contribution in [3.8, 4) is 0 Å². The van der Waals surface area contributed by atoms with Crippen LogP contribution < -0.4 is 10.6 Å². The van der Waals surface area contributed by atoms with Crippen LogP contribution in [0.5, 0.6) is 0 Å². The summed E-state index contributed by atoms with van der Waals surface area (Å²) in [5.41, 5.74) is 1.49. The van der Waals surface area contributed by atoms with E-state index < -0.39 is 0 Å². The van der Waals surface area contributed by atoms with E-state index in [9.17, 15) is 0 Å². The summed E-state index contributed by atoms with van der Waals surface area (Å²) in [4.78, 5) is 4.65. The Labute approximate surface area is 170 Å². The molecule has 25 heavy (non-hydrogen) atoms. The van der Waals surface area contributed by atoms with Gasteiger partial charge in [-0.25, -0.2) is 0 Å². The average Bonchev–Trinajstić information content (AvgIpc) is 2.63. The fraction of sp³-hybridized carbons (Fsp3) is 0.842. The summed E-state index contributed by atoms with van der Waals surface area (Å²) in [6, 6.07) is 0. The van der Waals surface area contributed by atoms with Crippen molar-refractivity contribution < 1.29 is 9.47 Å². The van der Waals surface area contributed by atoms with E-state index >= 15 is 0 Å². The standard InChI is InChI=1S/C19H35N3O2.HI/c1-2-20-19(22-13-9-17-10-15-23-16-11-17)21-12-6-14-24-18-7-4-3-5-8-18;/h10,18H,2-9,11-16H2,1H3,(H2,20,21,22);1H. The maximum Gasteiger partial charge on any atom is 0.191 e. The molecule has 2 N–H and O–H groups in total. The first-order valence-corrected chi connectivity index (χ1v) is 9.78. The molecule has 1 fully saturated rings. The first-order chi connectivity index (χ1) is 11.9. The van der Waals surface area contributed by atoms with Crippen molar-refractivity contribution in [2.45, 2.75) is 64.4 Å². The van der Waals surface area contributed by atoms with Crippen LogP contribution in [0.1, 0.15) is 58.3 Å². The van der Waals surface area contributed by atoms with E-state index in [-0.39, 0.29) is 24.0 Å². The predicted octanol–water partition coefficient (Wildman–Crippen LogP) is 3.64. The summed E-state index contributed by atoms with van der Waals surface area (Å²) < 4.78 is 11.3. The second-order valence-corrected chi connectivity index (χ2v) is 6.61. The highest BCUT2D eigenvalue weighted by atomic mass is 127. The molecule has 0 bridgehead atoms. The SMILES string of the molecule is CCNC(=NCCCOC1CCCCC1)NCCC1=CCOCC1.I. The Kier molecular flexibility index (Phi) is 13.4. The highest BCUT2D eigenvalue weighted by molar-refractivity contribution is 14.0. The number of halogens is 1. The van der Waals surface area contributed by atoms with Crippen molar-refractivity contribution in [2.24, 2.45) is 4.99 Å². The summed E-state index contributed by atoms with van der Waals surface area (Å²) in [6.45, 7) is 7.20. The fourth-order valence-electron chi connectivity index (χ4n) is 3.21. The summed E-state index contributed by atoms with van der Waals surface area (Å²) in [5.74, 6) is 0.919. The first-order valence-electron chi connectivity index (χ1n) is 9.78. The Bertz CT molecular complexity index is 396. The van der Waals surface area contributed by atoms with Crippen LogP contribution in [0, 0.1) is 0 Å². The lowest BCUT2D eigenvalue weighted by atomic mass is 9.98. The number of hydrogen-bond acceptors (Lipinski definition) is 3. The van der Waals surface area contributed by atoms with Crippen molar-refractivity contribution in [2.75, 3.05) is 39.5 Å². The monoisotopic (exact) mass is 465 g/mol. The first kappa shape index (κ1) is 22.7. The van der Waals surface area contributed by atoms with Gasteiger partial charge in [-0.15, -0.1) is 24.0 Å². The molecule has 0 aromatic heterocycles. The molecule has 0 spiro atoms. The average molecular weight is 465 g/mol. The molecule has 2 rings (SSSR count). The molecule has 5 nitrogen and oxygen atoms in total. The van der Waals surface area contributed by atoms with Gasteiger partial charge in [0.15, 0.2) is 5.96 Å². The van der Waals surface area contributed by atoms with Crippen LogP contribution in [0.3, 0.4) is 0 Å². The van der Waals surface area contributed by atoms with Crippen LogP contribution in [0.4, 0.5) is 0 Å². The Morgan fingerprint density at radius 2 is 2.12 bits per heavy atom. The van der Waals surface area contributed by atoms with Crippen molar-refractivity contribution in [1.82, 2.24) is 10.6 Å². The molecular formula is C19H36IN3O2. The van der Waals surface area contributed by atoms with Gasteiger partial charge >= 0.3 is 0 Å². The van der Waals surface area contributed by atoms with E-state index in [4.69, 9.17) is 9.47 Å². The lowest BCUT2D eigenvalue weighted by Crippen LogP contribution is -2.38. The number of nitrogens with zero attached hydrogens (tertiary/aromatic N) is 1. The predicted molar refractivity (Wildman–Crippen MR) is 115 cm³/mol. The number of rotatable bonds is 9. The molecule has 1 heterocycles. The van der Waals surface area contributed by atoms with Gasteiger partial charge in [0, 0.05) is 26.2 Å². The Morgan fingerprint density at radius 1 is 1.28 bits per heavy atom. The fourth-order valence-corrected chi connectivity index (χ4v) is 3.21. The van der Waals surface area contributed by atoms with Crippen LogP contribution >= 0.6 is 24.0 Å². The van der Waals surface area contributed by atoms with E-state index in [1.165, 1.54) is 37.7 Å². The molecular weight excluding hydrogens is 429 g/mol. The number of ether oxygens (including phenoxy) is 2. The lowest BCUT2D eigenvalue weighted by molar-refractivity contribution is 0.0281. The summed E-state index contributed by atoms with van der Waals surface area (Å²) in [7, 11) is 0. The van der Waals surface area contributed by atoms with E-state index in [0.717, 1.165) is 64.7 Å². The maximum atomic E-state index is 5.96. The number of hydrogen-bond donors (Lipinski definition) is 2. The third-order valence-electron chi connectivity index (χ3n) is 4.62. The highest BCUT2D eigenvalue weighted by Crippen LogP contribution is 2.20. The molecule has 2 aliphatic rings. The van der Waals surface area contributed by atoms with Crippen LogP contribution in [-0.4, -0.2) is 51.5 Å². The van der Waals surface area contributed by atoms with Gasteiger partial charge in [-0.2, -0.15) is 0 Å². The molecule has 6 heteroatoms. The second-order valence-electron chi connectivity index (χ2n) is 6.61. The van der Waals surface area contributed by atoms with Crippen molar-refractivity contribution in [3.63, 3.8) is 0 Å². The third kappa shape index (κ3) is 10.4. The molecule has 1 aliphatic carbocycles. The third-order valence-corrected chi connectivity index (χ3v) is 4.62.